The molecule has 2 saturated heterocycles. The number of fused-ring (bicyclic) bond motifs is 1. The van der Waals surface area contributed by atoms with Gasteiger partial charge in [0.25, 0.3) is 0 Å². The van der Waals surface area contributed by atoms with E-state index in [2.05, 4.69) is 35.0 Å². The van der Waals surface area contributed by atoms with Crippen molar-refractivity contribution in [2.24, 2.45) is 11.8 Å². The van der Waals surface area contributed by atoms with Gasteiger partial charge in [-0.25, -0.2) is 4.98 Å². The predicted molar refractivity (Wildman–Crippen MR) is 105 cm³/mol. The number of aromatic nitrogens is 1. The van der Waals surface area contributed by atoms with E-state index in [1.54, 1.807) is 20.0 Å². The van der Waals surface area contributed by atoms with Crippen LogP contribution in [0.15, 0.2) is 42.6 Å². The second-order valence-electron chi connectivity index (χ2n) is 7.76. The van der Waals surface area contributed by atoms with Crippen molar-refractivity contribution >= 4 is 17.5 Å². The molecule has 2 aliphatic rings. The minimum Gasteiger partial charge on any atom is -0.356 e. The fraction of sp³-hybridized carbons (Fsp3) is 0.409. The van der Waals surface area contributed by atoms with Gasteiger partial charge in [-0.2, -0.15) is 0 Å². The molecule has 3 heterocycles. The molecular weight excluding hydrogens is 338 g/mol. The fourth-order valence-corrected chi connectivity index (χ4v) is 4.65. The first kappa shape index (κ1) is 17.7. The summed E-state index contributed by atoms with van der Waals surface area (Å²) in [6, 6.07) is 12.3. The zero-order valence-electron chi connectivity index (χ0n) is 16.1. The van der Waals surface area contributed by atoms with Crippen molar-refractivity contribution in [3.8, 4) is 0 Å². The van der Waals surface area contributed by atoms with Gasteiger partial charge in [0.2, 0.25) is 5.91 Å². The molecule has 1 aromatic carbocycles. The maximum atomic E-state index is 12.3. The van der Waals surface area contributed by atoms with Crippen LogP contribution in [0.2, 0.25) is 0 Å². The zero-order valence-corrected chi connectivity index (χ0v) is 16.1. The first-order chi connectivity index (χ1) is 13.0. The Morgan fingerprint density at radius 1 is 1.04 bits per heavy atom. The number of amides is 1. The van der Waals surface area contributed by atoms with Crippen molar-refractivity contribution < 1.29 is 9.59 Å². The lowest BCUT2D eigenvalue weighted by Gasteiger charge is -2.30. The molecule has 5 heteroatoms. The third-order valence-corrected chi connectivity index (χ3v) is 6.05. The molecule has 0 saturated carbocycles. The second kappa shape index (κ2) is 6.80. The Balaban J connectivity index is 1.61. The average molecular weight is 363 g/mol. The van der Waals surface area contributed by atoms with Crippen molar-refractivity contribution in [3.63, 3.8) is 0 Å². The van der Waals surface area contributed by atoms with E-state index < -0.39 is 0 Å². The molecule has 2 fully saturated rings. The van der Waals surface area contributed by atoms with Crippen LogP contribution < -0.4 is 4.90 Å². The normalized spacial score (nSPS) is 24.2. The van der Waals surface area contributed by atoms with Crippen LogP contribution in [0.5, 0.6) is 0 Å². The van der Waals surface area contributed by atoms with E-state index in [-0.39, 0.29) is 17.7 Å². The Morgan fingerprint density at radius 2 is 1.81 bits per heavy atom. The molecule has 0 radical (unpaired) electrons. The smallest absolute Gasteiger partial charge is 0.219 e. The molecule has 4 rings (SSSR count). The molecule has 27 heavy (non-hydrogen) atoms. The number of likely N-dealkylation sites (tertiary alicyclic amines) is 1. The number of carbonyl (C=O) groups is 2. The molecule has 3 atom stereocenters. The van der Waals surface area contributed by atoms with E-state index in [1.807, 2.05) is 23.1 Å². The first-order valence-corrected chi connectivity index (χ1v) is 9.50. The van der Waals surface area contributed by atoms with E-state index in [1.165, 1.54) is 11.1 Å². The van der Waals surface area contributed by atoms with Crippen molar-refractivity contribution in [3.05, 3.63) is 59.3 Å². The van der Waals surface area contributed by atoms with Crippen LogP contribution in [0.4, 0.5) is 5.82 Å². The van der Waals surface area contributed by atoms with Crippen LogP contribution in [0.1, 0.15) is 41.4 Å². The molecule has 1 amide bonds. The van der Waals surface area contributed by atoms with Crippen LogP contribution in [-0.2, 0) is 4.79 Å². The molecule has 2 aliphatic heterocycles. The molecular formula is C22H25N3O2. The molecule has 0 N–H and O–H groups in total. The zero-order chi connectivity index (χ0) is 19.1. The first-order valence-electron chi connectivity index (χ1n) is 9.50. The summed E-state index contributed by atoms with van der Waals surface area (Å²) in [5.74, 6) is 1.92. The molecule has 0 spiro atoms. The minimum atomic E-state index is 0.0315. The average Bonchev–Trinajstić information content (AvgIpc) is 3.20. The van der Waals surface area contributed by atoms with Gasteiger partial charge in [-0.05, 0) is 37.1 Å². The summed E-state index contributed by atoms with van der Waals surface area (Å²) in [7, 11) is 0. The van der Waals surface area contributed by atoms with Crippen molar-refractivity contribution in [1.29, 1.82) is 0 Å². The van der Waals surface area contributed by atoms with E-state index in [0.717, 1.165) is 25.5 Å². The van der Waals surface area contributed by atoms with Gasteiger partial charge in [0, 0.05) is 50.2 Å². The third-order valence-electron chi connectivity index (χ3n) is 6.05. The molecule has 5 nitrogen and oxygen atoms in total. The highest BCUT2D eigenvalue weighted by Crippen LogP contribution is 2.46. The second-order valence-corrected chi connectivity index (χ2v) is 7.76. The van der Waals surface area contributed by atoms with Gasteiger partial charge in [0.1, 0.15) is 5.82 Å². The Bertz CT molecular complexity index is 877. The number of hydrogen-bond acceptors (Lipinski definition) is 4. The van der Waals surface area contributed by atoms with Crippen molar-refractivity contribution in [2.75, 3.05) is 24.5 Å². The number of carbonyl (C=O) groups excluding carboxylic acids is 2. The lowest BCUT2D eigenvalue weighted by atomic mass is 9.87. The number of ketones is 1. The van der Waals surface area contributed by atoms with Gasteiger partial charge in [0.15, 0.2) is 5.78 Å². The SMILES string of the molecule is CC(=O)c1ccc(N2C[C@@H]3CN(C(C)=O)[C@H](c4ccccc4C)[C@@H]3C2)nc1. The Morgan fingerprint density at radius 3 is 2.44 bits per heavy atom. The summed E-state index contributed by atoms with van der Waals surface area (Å²) in [5.41, 5.74) is 3.12. The quantitative estimate of drug-likeness (QED) is 0.786. The largest absolute Gasteiger partial charge is 0.356 e. The maximum Gasteiger partial charge on any atom is 0.219 e. The number of nitrogens with zero attached hydrogens (tertiary/aromatic N) is 3. The number of benzene rings is 1. The Kier molecular flexibility index (Phi) is 4.46. The molecule has 140 valence electrons. The Labute approximate surface area is 160 Å². The van der Waals surface area contributed by atoms with Crippen LogP contribution in [-0.4, -0.2) is 41.2 Å². The molecule has 0 aliphatic carbocycles. The van der Waals surface area contributed by atoms with Gasteiger partial charge in [-0.15, -0.1) is 0 Å². The molecule has 1 aromatic heterocycles. The standard InChI is InChI=1S/C22H25N3O2/c1-14-6-4-5-7-19(14)22-20-13-24(11-18(20)12-25(22)16(3)27)21-9-8-17(10-23-21)15(2)26/h4-10,18,20,22H,11-13H2,1-3H3/t18-,20-,22-/m1/s1. The van der Waals surface area contributed by atoms with E-state index in [4.69, 9.17) is 0 Å². The molecule has 0 bridgehead atoms. The number of aryl methyl sites for hydroxylation is 1. The number of rotatable bonds is 3. The summed E-state index contributed by atoms with van der Waals surface area (Å²) < 4.78 is 0. The fourth-order valence-electron chi connectivity index (χ4n) is 4.65. The van der Waals surface area contributed by atoms with Crippen LogP contribution in [0.25, 0.3) is 0 Å². The topological polar surface area (TPSA) is 53.5 Å². The Hall–Kier alpha value is -2.69. The van der Waals surface area contributed by atoms with Gasteiger partial charge in [0.05, 0.1) is 6.04 Å². The highest BCUT2D eigenvalue weighted by atomic mass is 16.2. The molecule has 2 aromatic rings. The highest BCUT2D eigenvalue weighted by Gasteiger charge is 2.49. The summed E-state index contributed by atoms with van der Waals surface area (Å²) in [5, 5.41) is 0. The van der Waals surface area contributed by atoms with Crippen LogP contribution >= 0.6 is 0 Å². The number of hydrogen-bond donors (Lipinski definition) is 0. The van der Waals surface area contributed by atoms with Crippen molar-refractivity contribution in [2.45, 2.75) is 26.8 Å². The summed E-state index contributed by atoms with van der Waals surface area (Å²) in [6.07, 6.45) is 1.66. The van der Waals surface area contributed by atoms with Crippen LogP contribution in [0, 0.1) is 18.8 Å². The van der Waals surface area contributed by atoms with Gasteiger partial charge < -0.3 is 9.80 Å². The summed E-state index contributed by atoms with van der Waals surface area (Å²) in [6.45, 7) is 7.91. The van der Waals surface area contributed by atoms with E-state index >= 15 is 0 Å². The number of pyridine rings is 1. The number of Topliss-reactive ketones (excluding diaryl/α,β-unsaturated/α-hetero) is 1. The van der Waals surface area contributed by atoms with Gasteiger partial charge in [-0.1, -0.05) is 24.3 Å². The van der Waals surface area contributed by atoms with Gasteiger partial charge in [-0.3, -0.25) is 9.59 Å². The third kappa shape index (κ3) is 3.11. The van der Waals surface area contributed by atoms with E-state index in [9.17, 15) is 9.59 Å². The number of anilines is 1. The predicted octanol–water partition coefficient (Wildman–Crippen LogP) is 3.25. The van der Waals surface area contributed by atoms with Gasteiger partial charge >= 0.3 is 0 Å². The summed E-state index contributed by atoms with van der Waals surface area (Å²) >= 11 is 0. The molecule has 0 unspecified atom stereocenters. The lowest BCUT2D eigenvalue weighted by Crippen LogP contribution is -2.34. The minimum absolute atomic E-state index is 0.0315. The van der Waals surface area contributed by atoms with Crippen LogP contribution in [0.3, 0.4) is 0 Å². The van der Waals surface area contributed by atoms with Crippen molar-refractivity contribution in [1.82, 2.24) is 9.88 Å². The monoisotopic (exact) mass is 363 g/mol. The van der Waals surface area contributed by atoms with E-state index in [0.29, 0.717) is 17.4 Å². The lowest BCUT2D eigenvalue weighted by molar-refractivity contribution is -0.130. The maximum absolute atomic E-state index is 12.3. The highest BCUT2D eigenvalue weighted by molar-refractivity contribution is 5.93. The summed E-state index contributed by atoms with van der Waals surface area (Å²) in [4.78, 5) is 32.6.